The Morgan fingerprint density at radius 1 is 0.274 bits per heavy atom. The predicted octanol–water partition coefficient (Wildman–Crippen LogP) is 22.0. The van der Waals surface area contributed by atoms with E-state index in [4.69, 9.17) is 14.2 Å². The molecule has 0 unspecified atom stereocenters. The van der Waals surface area contributed by atoms with Crippen LogP contribution in [0.15, 0.2) is 36.5 Å². The summed E-state index contributed by atoms with van der Waals surface area (Å²) in [5, 5.41) is 0. The van der Waals surface area contributed by atoms with Crippen molar-refractivity contribution in [3.8, 4) is 0 Å². The van der Waals surface area contributed by atoms with E-state index < -0.39 is 6.10 Å². The molecule has 0 radical (unpaired) electrons. The molecule has 0 aromatic heterocycles. The van der Waals surface area contributed by atoms with Gasteiger partial charge in [0.15, 0.2) is 6.10 Å². The van der Waals surface area contributed by atoms with Crippen molar-refractivity contribution in [3.05, 3.63) is 36.5 Å². The lowest BCUT2D eigenvalue weighted by Gasteiger charge is -2.18. The lowest BCUT2D eigenvalue weighted by atomic mass is 10.0. The average molecular weight is 1030 g/mol. The van der Waals surface area contributed by atoms with E-state index in [-0.39, 0.29) is 31.1 Å². The minimum absolute atomic E-state index is 0.0696. The first-order valence-electron chi connectivity index (χ1n) is 32.5. The Hall–Kier alpha value is -2.37. The minimum atomic E-state index is -0.773. The molecule has 0 saturated carbocycles. The van der Waals surface area contributed by atoms with Gasteiger partial charge in [0.25, 0.3) is 0 Å². The molecule has 6 heteroatoms. The third-order valence-corrected chi connectivity index (χ3v) is 14.6. The van der Waals surface area contributed by atoms with Crippen molar-refractivity contribution < 1.29 is 28.6 Å². The summed E-state index contributed by atoms with van der Waals surface area (Å²) in [6.07, 6.45) is 75.7. The fourth-order valence-electron chi connectivity index (χ4n) is 9.71. The highest BCUT2D eigenvalue weighted by molar-refractivity contribution is 5.71. The van der Waals surface area contributed by atoms with Gasteiger partial charge >= 0.3 is 17.9 Å². The summed E-state index contributed by atoms with van der Waals surface area (Å²) in [5.41, 5.74) is 0. The van der Waals surface area contributed by atoms with Crippen LogP contribution in [0.1, 0.15) is 355 Å². The van der Waals surface area contributed by atoms with Crippen LogP contribution in [0.2, 0.25) is 0 Å². The van der Waals surface area contributed by atoms with Crippen LogP contribution in [0, 0.1) is 0 Å². The van der Waals surface area contributed by atoms with Crippen LogP contribution < -0.4 is 0 Å². The van der Waals surface area contributed by atoms with Crippen molar-refractivity contribution in [2.24, 2.45) is 0 Å². The normalized spacial score (nSPS) is 12.2. The smallest absolute Gasteiger partial charge is 0.306 e. The van der Waals surface area contributed by atoms with Crippen LogP contribution in [0.5, 0.6) is 0 Å². The molecule has 6 nitrogen and oxygen atoms in total. The van der Waals surface area contributed by atoms with Gasteiger partial charge in [-0.05, 0) is 77.0 Å². The summed E-state index contributed by atoms with van der Waals surface area (Å²) in [5.74, 6) is -0.851. The van der Waals surface area contributed by atoms with E-state index in [0.717, 1.165) is 64.2 Å². The number of hydrogen-bond acceptors (Lipinski definition) is 6. The zero-order valence-electron chi connectivity index (χ0n) is 49.2. The zero-order valence-corrected chi connectivity index (χ0v) is 49.2. The van der Waals surface area contributed by atoms with Crippen LogP contribution in [-0.2, 0) is 28.6 Å². The van der Waals surface area contributed by atoms with Crippen LogP contribution in [0.25, 0.3) is 0 Å². The van der Waals surface area contributed by atoms with Gasteiger partial charge in [-0.25, -0.2) is 0 Å². The standard InChI is InChI=1S/C67H124O6/c1-4-7-10-13-16-19-22-25-28-31-33-36-39-42-45-48-51-54-57-60-66(69)72-63-64(62-71-65(68)59-56-53-50-47-44-41-38-35-30-27-24-21-18-15-12-9-6-3)73-67(70)61-58-55-52-49-46-43-40-37-34-32-29-26-23-20-17-14-11-8-5-2/h16,19,25-26,28-29,64H,4-15,17-18,20-24,27,30-63H2,1-3H3/b19-16-,28-25-,29-26-/t64-/m1/s1. The molecule has 0 aliphatic rings. The lowest BCUT2D eigenvalue weighted by molar-refractivity contribution is -0.167. The molecule has 1 atom stereocenters. The number of hydrogen-bond donors (Lipinski definition) is 0. The summed E-state index contributed by atoms with van der Waals surface area (Å²) < 4.78 is 17.0. The van der Waals surface area contributed by atoms with Gasteiger partial charge < -0.3 is 14.2 Å². The summed E-state index contributed by atoms with van der Waals surface area (Å²) in [6.45, 7) is 6.67. The Morgan fingerprint density at radius 3 is 0.795 bits per heavy atom. The van der Waals surface area contributed by atoms with Gasteiger partial charge in [-0.2, -0.15) is 0 Å². The fraction of sp³-hybridized carbons (Fsp3) is 0.866. The van der Waals surface area contributed by atoms with Crippen molar-refractivity contribution >= 4 is 17.9 Å². The molecule has 0 spiro atoms. The SMILES string of the molecule is CCCCC/C=C\C/C=C\CCCCCCCCCCCC(=O)OC[C@@H](COC(=O)CCCCCCCCCCCCCCCCCCC)OC(=O)CCCCCCCCCCC/C=C\CCCCCCCC. The van der Waals surface area contributed by atoms with Gasteiger partial charge in [0.1, 0.15) is 13.2 Å². The van der Waals surface area contributed by atoms with Gasteiger partial charge in [-0.15, -0.1) is 0 Å². The van der Waals surface area contributed by atoms with E-state index in [1.54, 1.807) is 0 Å². The van der Waals surface area contributed by atoms with Crippen LogP contribution in [0.4, 0.5) is 0 Å². The molecule has 0 amide bonds. The number of ether oxygens (including phenoxy) is 3. The molecule has 0 heterocycles. The van der Waals surface area contributed by atoms with Gasteiger partial charge in [0.2, 0.25) is 0 Å². The van der Waals surface area contributed by atoms with Gasteiger partial charge in [0.05, 0.1) is 0 Å². The Labute approximate surface area is 455 Å². The maximum atomic E-state index is 12.9. The third-order valence-electron chi connectivity index (χ3n) is 14.6. The lowest BCUT2D eigenvalue weighted by Crippen LogP contribution is -2.30. The molecule has 0 rings (SSSR count). The highest BCUT2D eigenvalue weighted by atomic mass is 16.6. The molecular weight excluding hydrogens is 901 g/mol. The number of carbonyl (C=O) groups is 3. The largest absolute Gasteiger partial charge is 0.462 e. The Bertz CT molecular complexity index is 1220. The van der Waals surface area contributed by atoms with Crippen LogP contribution in [-0.4, -0.2) is 37.2 Å². The quantitative estimate of drug-likeness (QED) is 0.0261. The molecule has 0 aliphatic carbocycles. The van der Waals surface area contributed by atoms with E-state index in [1.165, 1.54) is 250 Å². The second-order valence-corrected chi connectivity index (χ2v) is 22.0. The van der Waals surface area contributed by atoms with E-state index in [0.29, 0.717) is 19.3 Å². The number of unbranched alkanes of at least 4 members (excludes halogenated alkanes) is 43. The van der Waals surface area contributed by atoms with Gasteiger partial charge in [-0.1, -0.05) is 295 Å². The summed E-state index contributed by atoms with van der Waals surface area (Å²) in [4.78, 5) is 38.3. The number of rotatable bonds is 60. The topological polar surface area (TPSA) is 78.9 Å². The maximum Gasteiger partial charge on any atom is 0.306 e. The first-order chi connectivity index (χ1) is 36.0. The highest BCUT2D eigenvalue weighted by Crippen LogP contribution is 2.17. The minimum Gasteiger partial charge on any atom is -0.462 e. The number of allylic oxidation sites excluding steroid dienone is 6. The molecule has 428 valence electrons. The van der Waals surface area contributed by atoms with Gasteiger partial charge in [-0.3, -0.25) is 14.4 Å². The monoisotopic (exact) mass is 1020 g/mol. The Kier molecular flexibility index (Phi) is 60.2. The van der Waals surface area contributed by atoms with Crippen LogP contribution >= 0.6 is 0 Å². The molecular formula is C67H124O6. The van der Waals surface area contributed by atoms with Crippen LogP contribution in [0.3, 0.4) is 0 Å². The summed E-state index contributed by atoms with van der Waals surface area (Å²) in [6, 6.07) is 0. The molecule has 0 fully saturated rings. The van der Waals surface area contributed by atoms with E-state index in [9.17, 15) is 14.4 Å². The van der Waals surface area contributed by atoms with Crippen molar-refractivity contribution in [2.45, 2.75) is 361 Å². The van der Waals surface area contributed by atoms with Crippen molar-refractivity contribution in [1.82, 2.24) is 0 Å². The highest BCUT2D eigenvalue weighted by Gasteiger charge is 2.19. The van der Waals surface area contributed by atoms with Crippen molar-refractivity contribution in [3.63, 3.8) is 0 Å². The van der Waals surface area contributed by atoms with E-state index >= 15 is 0 Å². The molecule has 0 bridgehead atoms. The second kappa shape index (κ2) is 62.2. The average Bonchev–Trinajstić information content (AvgIpc) is 3.39. The predicted molar refractivity (Wildman–Crippen MR) is 316 cm³/mol. The summed E-state index contributed by atoms with van der Waals surface area (Å²) >= 11 is 0. The molecule has 0 aliphatic heterocycles. The molecule has 0 N–H and O–H groups in total. The third kappa shape index (κ3) is 60.4. The fourth-order valence-corrected chi connectivity index (χ4v) is 9.71. The molecule has 0 aromatic carbocycles. The second-order valence-electron chi connectivity index (χ2n) is 22.0. The van der Waals surface area contributed by atoms with E-state index in [2.05, 4.69) is 57.2 Å². The molecule has 73 heavy (non-hydrogen) atoms. The Balaban J connectivity index is 4.34. The maximum absolute atomic E-state index is 12.9. The van der Waals surface area contributed by atoms with E-state index in [1.807, 2.05) is 0 Å². The zero-order chi connectivity index (χ0) is 52.9. The first-order valence-corrected chi connectivity index (χ1v) is 32.5. The van der Waals surface area contributed by atoms with Crippen molar-refractivity contribution in [2.75, 3.05) is 13.2 Å². The Morgan fingerprint density at radius 2 is 0.493 bits per heavy atom. The van der Waals surface area contributed by atoms with Gasteiger partial charge in [0, 0.05) is 19.3 Å². The molecule has 0 aromatic rings. The summed E-state index contributed by atoms with van der Waals surface area (Å²) in [7, 11) is 0. The number of esters is 3. The first kappa shape index (κ1) is 70.6. The van der Waals surface area contributed by atoms with Crippen molar-refractivity contribution in [1.29, 1.82) is 0 Å². The molecule has 0 saturated heterocycles. The number of carbonyl (C=O) groups excluding carboxylic acids is 3.